The maximum atomic E-state index is 11.9. The molecule has 0 N–H and O–H groups in total. The molecule has 0 aromatic carbocycles. The molecule has 0 fully saturated rings. The number of nitrogens with zero attached hydrogens (tertiary/aromatic N) is 1. The van der Waals surface area contributed by atoms with Gasteiger partial charge in [-0.1, -0.05) is 6.07 Å². The van der Waals surface area contributed by atoms with Gasteiger partial charge in [-0.05, 0) is 31.1 Å². The highest BCUT2D eigenvalue weighted by Gasteiger charge is 2.19. The van der Waals surface area contributed by atoms with E-state index < -0.39 is 0 Å². The van der Waals surface area contributed by atoms with Crippen molar-refractivity contribution in [2.24, 2.45) is 0 Å². The van der Waals surface area contributed by atoms with Crippen LogP contribution < -0.4 is 0 Å². The van der Waals surface area contributed by atoms with Gasteiger partial charge in [-0.25, -0.2) is 0 Å². The lowest BCUT2D eigenvalue weighted by Gasteiger charge is -2.05. The van der Waals surface area contributed by atoms with Gasteiger partial charge < -0.3 is 4.74 Å². The number of carbonyl (C=O) groups excluding carboxylic acids is 1. The van der Waals surface area contributed by atoms with Crippen LogP contribution in [-0.4, -0.2) is 17.4 Å². The maximum Gasteiger partial charge on any atom is 0.245 e. The van der Waals surface area contributed by atoms with Crippen molar-refractivity contribution in [1.29, 1.82) is 0 Å². The fraction of sp³-hybridized carbons (Fsp3) is 0.333. The number of pyridine rings is 1. The summed E-state index contributed by atoms with van der Waals surface area (Å²) in [6.45, 7) is 4.45. The number of hydrogen-bond acceptors (Lipinski definition) is 3. The number of allylic oxidation sites excluding steroid dienone is 1. The lowest BCUT2D eigenvalue weighted by molar-refractivity contribution is 0.0937. The van der Waals surface area contributed by atoms with E-state index >= 15 is 0 Å². The molecule has 0 unspecified atom stereocenters. The third-order valence-corrected chi connectivity index (χ3v) is 2.36. The number of rotatable bonds is 2. The van der Waals surface area contributed by atoms with E-state index in [1.165, 1.54) is 0 Å². The summed E-state index contributed by atoms with van der Waals surface area (Å²) in [5.74, 6) is 0.333. The first-order valence-corrected chi connectivity index (χ1v) is 4.99. The van der Waals surface area contributed by atoms with Crippen LogP contribution in [-0.2, 0) is 4.74 Å². The molecule has 3 nitrogen and oxygen atoms in total. The van der Waals surface area contributed by atoms with Crippen molar-refractivity contribution in [2.45, 2.75) is 20.3 Å². The SMILES string of the molecule is Cc1cnc(C(=O)C2=CCCO2)c(C)c1. The predicted molar refractivity (Wildman–Crippen MR) is 56.7 cm³/mol. The Morgan fingerprint density at radius 3 is 2.87 bits per heavy atom. The lowest BCUT2D eigenvalue weighted by atomic mass is 10.1. The van der Waals surface area contributed by atoms with Crippen LogP contribution >= 0.6 is 0 Å². The molecule has 78 valence electrons. The first kappa shape index (κ1) is 9.90. The summed E-state index contributed by atoms with van der Waals surface area (Å²) in [7, 11) is 0. The van der Waals surface area contributed by atoms with Crippen LogP contribution in [0.15, 0.2) is 24.1 Å². The predicted octanol–water partition coefficient (Wildman–Crippen LogP) is 2.19. The van der Waals surface area contributed by atoms with Crippen molar-refractivity contribution in [2.75, 3.05) is 6.61 Å². The molecule has 0 saturated carbocycles. The Hall–Kier alpha value is -1.64. The van der Waals surface area contributed by atoms with Crippen LogP contribution in [0.5, 0.6) is 0 Å². The Balaban J connectivity index is 2.33. The van der Waals surface area contributed by atoms with E-state index in [0.717, 1.165) is 17.5 Å². The summed E-state index contributed by atoms with van der Waals surface area (Å²) in [4.78, 5) is 16.1. The zero-order chi connectivity index (χ0) is 10.8. The van der Waals surface area contributed by atoms with E-state index in [0.29, 0.717) is 18.1 Å². The Morgan fingerprint density at radius 2 is 2.27 bits per heavy atom. The molecular formula is C12H13NO2. The third kappa shape index (κ3) is 1.91. The Labute approximate surface area is 88.8 Å². The quantitative estimate of drug-likeness (QED) is 0.691. The van der Waals surface area contributed by atoms with Crippen molar-refractivity contribution in [3.63, 3.8) is 0 Å². The van der Waals surface area contributed by atoms with E-state index in [1.807, 2.05) is 26.0 Å². The molecule has 2 rings (SSSR count). The molecule has 0 saturated heterocycles. The monoisotopic (exact) mass is 203 g/mol. The van der Waals surface area contributed by atoms with Gasteiger partial charge in [-0.2, -0.15) is 0 Å². The van der Waals surface area contributed by atoms with Gasteiger partial charge >= 0.3 is 0 Å². The molecule has 0 atom stereocenters. The number of carbonyl (C=O) groups is 1. The highest BCUT2D eigenvalue weighted by Crippen LogP contribution is 2.17. The van der Waals surface area contributed by atoms with Gasteiger partial charge in [0, 0.05) is 12.6 Å². The molecule has 1 aliphatic heterocycles. The molecule has 2 heterocycles. The van der Waals surface area contributed by atoms with Gasteiger partial charge in [0.1, 0.15) is 5.69 Å². The van der Waals surface area contributed by atoms with E-state index in [9.17, 15) is 4.79 Å². The second-order valence-corrected chi connectivity index (χ2v) is 3.71. The average molecular weight is 203 g/mol. The van der Waals surface area contributed by atoms with Crippen LogP contribution in [0, 0.1) is 13.8 Å². The number of ketones is 1. The van der Waals surface area contributed by atoms with Crippen LogP contribution in [0.4, 0.5) is 0 Å². The number of aryl methyl sites for hydroxylation is 2. The van der Waals surface area contributed by atoms with E-state index in [-0.39, 0.29) is 5.78 Å². The van der Waals surface area contributed by atoms with Crippen molar-refractivity contribution < 1.29 is 9.53 Å². The summed E-state index contributed by atoms with van der Waals surface area (Å²) in [6, 6.07) is 1.95. The summed E-state index contributed by atoms with van der Waals surface area (Å²) in [6.07, 6.45) is 4.34. The number of ether oxygens (including phenoxy) is 1. The minimum atomic E-state index is -0.106. The second kappa shape index (κ2) is 3.85. The van der Waals surface area contributed by atoms with Gasteiger partial charge in [-0.15, -0.1) is 0 Å². The minimum Gasteiger partial charge on any atom is -0.489 e. The fourth-order valence-corrected chi connectivity index (χ4v) is 1.65. The average Bonchev–Trinajstić information content (AvgIpc) is 2.69. The van der Waals surface area contributed by atoms with Gasteiger partial charge in [0.15, 0.2) is 5.76 Å². The molecule has 0 radical (unpaired) electrons. The number of aromatic nitrogens is 1. The van der Waals surface area contributed by atoms with Crippen molar-refractivity contribution in [3.05, 3.63) is 40.9 Å². The molecule has 15 heavy (non-hydrogen) atoms. The summed E-state index contributed by atoms with van der Waals surface area (Å²) in [5, 5.41) is 0. The topological polar surface area (TPSA) is 39.2 Å². The molecular weight excluding hydrogens is 190 g/mol. The Kier molecular flexibility index (Phi) is 2.54. The van der Waals surface area contributed by atoms with Crippen molar-refractivity contribution >= 4 is 5.78 Å². The van der Waals surface area contributed by atoms with Crippen molar-refractivity contribution in [1.82, 2.24) is 4.98 Å². The maximum absolute atomic E-state index is 11.9. The first-order valence-electron chi connectivity index (χ1n) is 4.99. The first-order chi connectivity index (χ1) is 7.18. The number of hydrogen-bond donors (Lipinski definition) is 0. The van der Waals surface area contributed by atoms with E-state index in [4.69, 9.17) is 4.74 Å². The van der Waals surface area contributed by atoms with Crippen LogP contribution in [0.25, 0.3) is 0 Å². The zero-order valence-electron chi connectivity index (χ0n) is 8.91. The van der Waals surface area contributed by atoms with E-state index in [2.05, 4.69) is 4.98 Å². The zero-order valence-corrected chi connectivity index (χ0v) is 8.91. The summed E-state index contributed by atoms with van der Waals surface area (Å²) >= 11 is 0. The molecule has 1 aromatic heterocycles. The standard InChI is InChI=1S/C12H13NO2/c1-8-6-9(2)11(13-7-8)12(14)10-4-3-5-15-10/h4,6-7H,3,5H2,1-2H3. The van der Waals surface area contributed by atoms with Crippen molar-refractivity contribution in [3.8, 4) is 0 Å². The molecule has 0 aliphatic carbocycles. The van der Waals surface area contributed by atoms with E-state index in [1.54, 1.807) is 6.20 Å². The molecule has 0 spiro atoms. The van der Waals surface area contributed by atoms with Gasteiger partial charge in [-0.3, -0.25) is 9.78 Å². The van der Waals surface area contributed by atoms with Gasteiger partial charge in [0.25, 0.3) is 0 Å². The summed E-state index contributed by atoms with van der Waals surface area (Å²) in [5.41, 5.74) is 2.45. The molecule has 0 amide bonds. The number of Topliss-reactive ketones (excluding diaryl/α,β-unsaturated/α-hetero) is 1. The smallest absolute Gasteiger partial charge is 0.245 e. The Morgan fingerprint density at radius 1 is 1.47 bits per heavy atom. The second-order valence-electron chi connectivity index (χ2n) is 3.71. The Bertz CT molecular complexity index is 435. The molecule has 1 aliphatic rings. The van der Waals surface area contributed by atoms with Crippen LogP contribution in [0.1, 0.15) is 28.0 Å². The fourth-order valence-electron chi connectivity index (χ4n) is 1.65. The normalized spacial score (nSPS) is 14.7. The largest absolute Gasteiger partial charge is 0.489 e. The molecule has 0 bridgehead atoms. The molecule has 1 aromatic rings. The van der Waals surface area contributed by atoms with Gasteiger partial charge in [0.2, 0.25) is 5.78 Å². The molecule has 3 heteroatoms. The minimum absolute atomic E-state index is 0.106. The highest BCUT2D eigenvalue weighted by molar-refractivity contribution is 6.07. The van der Waals surface area contributed by atoms with Crippen LogP contribution in [0.2, 0.25) is 0 Å². The third-order valence-electron chi connectivity index (χ3n) is 2.36. The summed E-state index contributed by atoms with van der Waals surface area (Å²) < 4.78 is 5.23. The van der Waals surface area contributed by atoms with Gasteiger partial charge in [0.05, 0.1) is 6.61 Å². The lowest BCUT2D eigenvalue weighted by Crippen LogP contribution is -2.08. The highest BCUT2D eigenvalue weighted by atomic mass is 16.5. The van der Waals surface area contributed by atoms with Crippen LogP contribution in [0.3, 0.4) is 0 Å².